The van der Waals surface area contributed by atoms with Crippen LogP contribution in [-0.4, -0.2) is 43.3 Å². The molecule has 0 radical (unpaired) electrons. The summed E-state index contributed by atoms with van der Waals surface area (Å²) in [5, 5.41) is 0. The van der Waals surface area contributed by atoms with E-state index in [1.165, 1.54) is 38.5 Å². The van der Waals surface area contributed by atoms with E-state index in [2.05, 4.69) is 16.2 Å². The summed E-state index contributed by atoms with van der Waals surface area (Å²) >= 11 is 1.56. The van der Waals surface area contributed by atoms with Gasteiger partial charge < -0.3 is 28.3 Å². The van der Waals surface area contributed by atoms with E-state index in [4.69, 9.17) is 4.74 Å². The van der Waals surface area contributed by atoms with Crippen molar-refractivity contribution < 1.29 is 97.1 Å². The Kier molecular flexibility index (Phi) is 36.0. The van der Waals surface area contributed by atoms with Crippen LogP contribution in [0.3, 0.4) is 0 Å². The van der Waals surface area contributed by atoms with Crippen molar-refractivity contribution in [1.29, 1.82) is 0 Å². The van der Waals surface area contributed by atoms with Crippen molar-refractivity contribution in [2.75, 3.05) is 24.7 Å². The third-order valence-corrected chi connectivity index (χ3v) is 7.02. The van der Waals surface area contributed by atoms with Crippen LogP contribution in [0.2, 0.25) is 0 Å². The van der Waals surface area contributed by atoms with Gasteiger partial charge in [-0.25, -0.2) is 0 Å². The second-order valence-corrected chi connectivity index (χ2v) is 10.9. The molecule has 0 aromatic rings. The standard InChI is InChI=1S/C24H47O8PS.2Na/c1-2-3-4-5-6-7-8-11-14-17-24(26)32-23(20-31-33(27,28)29)21-34-19-16-13-10-9-12-15-18-30-22-25;;/h22-23H,2-21H2,1H3,(H2,27,28,29);;/q;2*+1/p-2/t23-;;/m1../s1. The summed E-state index contributed by atoms with van der Waals surface area (Å²) in [6.45, 7) is 2.72. The Hall–Kier alpha value is 1.40. The molecule has 0 saturated heterocycles. The van der Waals surface area contributed by atoms with Crippen LogP contribution in [0, 0.1) is 0 Å². The van der Waals surface area contributed by atoms with E-state index >= 15 is 0 Å². The van der Waals surface area contributed by atoms with Gasteiger partial charge in [-0.15, -0.1) is 0 Å². The van der Waals surface area contributed by atoms with E-state index in [1.54, 1.807) is 11.8 Å². The number of rotatable bonds is 26. The van der Waals surface area contributed by atoms with Crippen molar-refractivity contribution in [3.05, 3.63) is 0 Å². The summed E-state index contributed by atoms with van der Waals surface area (Å²) < 4.78 is 25.2. The fourth-order valence-corrected chi connectivity index (χ4v) is 4.83. The Labute approximate surface area is 267 Å². The largest absolute Gasteiger partial charge is 1.00 e. The third-order valence-electron chi connectivity index (χ3n) is 5.37. The van der Waals surface area contributed by atoms with Crippen molar-refractivity contribution in [2.24, 2.45) is 0 Å². The van der Waals surface area contributed by atoms with E-state index in [-0.39, 0.29) is 65.1 Å². The molecule has 0 amide bonds. The first-order chi connectivity index (χ1) is 16.4. The molecule has 0 aromatic carbocycles. The number of unbranched alkanes of at least 4 members (excludes halogenated alkanes) is 13. The fourth-order valence-electron chi connectivity index (χ4n) is 3.47. The summed E-state index contributed by atoms with van der Waals surface area (Å²) in [7, 11) is -5.10. The minimum atomic E-state index is -5.10. The quantitative estimate of drug-likeness (QED) is 0.0420. The minimum absolute atomic E-state index is 0. The number of phosphoric ester groups is 1. The molecule has 8 nitrogen and oxygen atoms in total. The van der Waals surface area contributed by atoms with Gasteiger partial charge in [0.15, 0.2) is 0 Å². The zero-order valence-electron chi connectivity index (χ0n) is 22.9. The molecule has 0 spiro atoms. The molecular weight excluding hydrogens is 525 g/mol. The Bertz CT molecular complexity index is 540. The van der Waals surface area contributed by atoms with Crippen LogP contribution >= 0.6 is 19.6 Å². The molecule has 0 fully saturated rings. The maximum absolute atomic E-state index is 12.1. The van der Waals surface area contributed by atoms with Gasteiger partial charge in [-0.05, 0) is 25.0 Å². The third kappa shape index (κ3) is 33.4. The summed E-state index contributed by atoms with van der Waals surface area (Å²) in [4.78, 5) is 43.8. The van der Waals surface area contributed by atoms with Crippen molar-refractivity contribution >= 4 is 32.0 Å². The second kappa shape index (κ2) is 30.9. The van der Waals surface area contributed by atoms with Gasteiger partial charge in [0.25, 0.3) is 6.47 Å². The minimum Gasteiger partial charge on any atom is -0.790 e. The van der Waals surface area contributed by atoms with E-state index in [0.29, 0.717) is 25.3 Å². The summed E-state index contributed by atoms with van der Waals surface area (Å²) in [5.41, 5.74) is 0. The second-order valence-electron chi connectivity index (χ2n) is 8.60. The van der Waals surface area contributed by atoms with E-state index in [0.717, 1.165) is 63.5 Å². The van der Waals surface area contributed by atoms with Crippen molar-refractivity contribution in [1.82, 2.24) is 0 Å². The fraction of sp³-hybridized carbons (Fsp3) is 0.917. The van der Waals surface area contributed by atoms with E-state index in [9.17, 15) is 23.9 Å². The number of hydrogen-bond acceptors (Lipinski definition) is 9. The molecule has 1 atom stereocenters. The monoisotopic (exact) mass is 570 g/mol. The first kappa shape index (κ1) is 41.9. The Morgan fingerprint density at radius 2 is 1.39 bits per heavy atom. The Balaban J connectivity index is -0.00000544. The molecule has 0 aliphatic heterocycles. The molecule has 12 heteroatoms. The Morgan fingerprint density at radius 3 is 1.94 bits per heavy atom. The first-order valence-corrected chi connectivity index (χ1v) is 15.5. The van der Waals surface area contributed by atoms with Crippen LogP contribution in [0.5, 0.6) is 0 Å². The summed E-state index contributed by atoms with van der Waals surface area (Å²) in [6.07, 6.45) is 16.0. The molecule has 0 aromatic heterocycles. The van der Waals surface area contributed by atoms with Crippen LogP contribution in [-0.2, 0) is 28.2 Å². The predicted molar refractivity (Wildman–Crippen MR) is 132 cm³/mol. The van der Waals surface area contributed by atoms with E-state index in [1.807, 2.05) is 0 Å². The van der Waals surface area contributed by atoms with Crippen molar-refractivity contribution in [3.8, 4) is 0 Å². The topological polar surface area (TPSA) is 125 Å². The van der Waals surface area contributed by atoms with Gasteiger partial charge in [0.2, 0.25) is 0 Å². The van der Waals surface area contributed by atoms with Gasteiger partial charge >= 0.3 is 65.1 Å². The predicted octanol–water partition coefficient (Wildman–Crippen LogP) is -1.08. The van der Waals surface area contributed by atoms with Gasteiger partial charge in [0, 0.05) is 12.2 Å². The zero-order valence-corrected chi connectivity index (χ0v) is 28.6. The van der Waals surface area contributed by atoms with Crippen LogP contribution < -0.4 is 68.9 Å². The molecule has 0 aliphatic carbocycles. The molecule has 0 saturated carbocycles. The average molecular weight is 571 g/mol. The molecule has 0 heterocycles. The van der Waals surface area contributed by atoms with Gasteiger partial charge in [0.1, 0.15) is 6.10 Å². The number of thioether (sulfide) groups is 1. The molecule has 0 bridgehead atoms. The van der Waals surface area contributed by atoms with Crippen molar-refractivity contribution in [2.45, 2.75) is 116 Å². The van der Waals surface area contributed by atoms with Crippen LogP contribution in [0.15, 0.2) is 0 Å². The van der Waals surface area contributed by atoms with Gasteiger partial charge in [0.05, 0.1) is 21.0 Å². The maximum Gasteiger partial charge on any atom is 1.00 e. The normalized spacial score (nSPS) is 11.8. The average Bonchev–Trinajstić information content (AvgIpc) is 2.79. The van der Waals surface area contributed by atoms with Gasteiger partial charge in [-0.2, -0.15) is 11.8 Å². The maximum atomic E-state index is 12.1. The molecular formula is C24H45Na2O8PS. The number of ether oxygens (including phenoxy) is 2. The first-order valence-electron chi connectivity index (χ1n) is 12.9. The van der Waals surface area contributed by atoms with Gasteiger partial charge in [-0.1, -0.05) is 84.0 Å². The molecule has 36 heavy (non-hydrogen) atoms. The molecule has 0 aliphatic rings. The van der Waals surface area contributed by atoms with Gasteiger partial charge in [-0.3, -0.25) is 9.59 Å². The molecule has 0 rings (SSSR count). The number of carbonyl (C=O) groups excluding carboxylic acids is 2. The summed E-state index contributed by atoms with van der Waals surface area (Å²) in [6, 6.07) is 0. The SMILES string of the molecule is CCCCCCCCCCCC(=O)O[C@H](COP(=O)([O-])[O-])CSCCCCCCCCOC=O.[Na+].[Na+]. The number of carbonyl (C=O) groups is 2. The molecule has 0 N–H and O–H groups in total. The van der Waals surface area contributed by atoms with Crippen LogP contribution in [0.1, 0.15) is 110 Å². The summed E-state index contributed by atoms with van der Waals surface area (Å²) in [5.74, 6) is 0.877. The smallest absolute Gasteiger partial charge is 0.790 e. The molecule has 202 valence electrons. The zero-order chi connectivity index (χ0) is 25.3. The van der Waals surface area contributed by atoms with Crippen LogP contribution in [0.25, 0.3) is 0 Å². The molecule has 0 unspecified atom stereocenters. The number of hydrogen-bond donors (Lipinski definition) is 0. The number of phosphoric acid groups is 1. The van der Waals surface area contributed by atoms with E-state index < -0.39 is 20.5 Å². The Morgan fingerprint density at radius 1 is 0.861 bits per heavy atom. The van der Waals surface area contributed by atoms with Crippen molar-refractivity contribution in [3.63, 3.8) is 0 Å². The van der Waals surface area contributed by atoms with Crippen LogP contribution in [0.4, 0.5) is 0 Å². The number of esters is 1.